The normalized spacial score (nSPS) is 10.9. The van der Waals surface area contributed by atoms with Crippen molar-refractivity contribution in [2.45, 2.75) is 20.8 Å². The molecule has 0 atom stereocenters. The number of halogens is 1. The van der Waals surface area contributed by atoms with Crippen molar-refractivity contribution in [3.63, 3.8) is 0 Å². The molecule has 0 aliphatic carbocycles. The van der Waals surface area contributed by atoms with Gasteiger partial charge in [-0.25, -0.2) is 4.98 Å². The van der Waals surface area contributed by atoms with Crippen LogP contribution in [0.25, 0.3) is 5.65 Å². The first kappa shape index (κ1) is 10.2. The summed E-state index contributed by atoms with van der Waals surface area (Å²) >= 11 is 5.95. The summed E-state index contributed by atoms with van der Waals surface area (Å²) in [6.07, 6.45) is 1.78. The van der Waals surface area contributed by atoms with E-state index in [1.807, 2.05) is 24.3 Å². The van der Waals surface area contributed by atoms with Crippen molar-refractivity contribution in [3.05, 3.63) is 34.2 Å². The molecule has 0 N–H and O–H groups in total. The maximum absolute atomic E-state index is 11.3. The van der Waals surface area contributed by atoms with E-state index in [4.69, 9.17) is 11.6 Å². The first-order valence-corrected chi connectivity index (χ1v) is 5.04. The van der Waals surface area contributed by atoms with E-state index < -0.39 is 0 Å². The summed E-state index contributed by atoms with van der Waals surface area (Å²) in [6, 6.07) is 1.84. The third-order valence-corrected chi connectivity index (χ3v) is 2.65. The summed E-state index contributed by atoms with van der Waals surface area (Å²) in [4.78, 5) is 15.6. The van der Waals surface area contributed by atoms with Crippen LogP contribution in [-0.4, -0.2) is 15.2 Å². The van der Waals surface area contributed by atoms with Crippen molar-refractivity contribution in [3.8, 4) is 0 Å². The Kier molecular flexibility index (Phi) is 2.27. The second kappa shape index (κ2) is 3.35. The fraction of sp³-hybridized carbons (Fsp3) is 0.273. The van der Waals surface area contributed by atoms with Crippen LogP contribution in [0.4, 0.5) is 0 Å². The van der Waals surface area contributed by atoms with Crippen LogP contribution in [-0.2, 0) is 0 Å². The Labute approximate surface area is 92.7 Å². The van der Waals surface area contributed by atoms with Crippen molar-refractivity contribution in [1.29, 1.82) is 0 Å². The molecule has 15 heavy (non-hydrogen) atoms. The molecule has 0 radical (unpaired) electrons. The largest absolute Gasteiger partial charge is 0.302 e. The Balaban J connectivity index is 2.88. The molecule has 0 unspecified atom stereocenters. The maximum atomic E-state index is 11.3. The number of fused-ring (bicyclic) bond motifs is 1. The van der Waals surface area contributed by atoms with Gasteiger partial charge in [0.05, 0.1) is 10.7 Å². The van der Waals surface area contributed by atoms with Crippen molar-refractivity contribution < 1.29 is 4.79 Å². The molecule has 0 aromatic carbocycles. The summed E-state index contributed by atoms with van der Waals surface area (Å²) in [7, 11) is 0. The lowest BCUT2D eigenvalue weighted by Crippen LogP contribution is -1.95. The van der Waals surface area contributed by atoms with Gasteiger partial charge in [-0.2, -0.15) is 0 Å². The number of carbonyl (C=O) groups excluding carboxylic acids is 1. The summed E-state index contributed by atoms with van der Waals surface area (Å²) in [6.45, 7) is 5.32. The molecule has 0 aliphatic heterocycles. The van der Waals surface area contributed by atoms with E-state index in [0.717, 1.165) is 16.9 Å². The number of nitrogens with zero attached hydrogens (tertiary/aromatic N) is 2. The van der Waals surface area contributed by atoms with Gasteiger partial charge in [0.25, 0.3) is 0 Å². The lowest BCUT2D eigenvalue weighted by molar-refractivity contribution is 0.101. The monoisotopic (exact) mass is 222 g/mol. The average Bonchev–Trinajstić information content (AvgIpc) is 2.44. The second-order valence-electron chi connectivity index (χ2n) is 3.64. The standard InChI is InChI=1S/C11H11ClN2O/c1-6-4-9(12)5-14-7(2)10(8(3)15)13-11(6)14/h4-5H,1-3H3. The minimum absolute atomic E-state index is 0.0216. The molecule has 2 aromatic heterocycles. The molecule has 0 fully saturated rings. The van der Waals surface area contributed by atoms with Crippen LogP contribution in [0.15, 0.2) is 12.3 Å². The van der Waals surface area contributed by atoms with Crippen LogP contribution < -0.4 is 0 Å². The highest BCUT2D eigenvalue weighted by atomic mass is 35.5. The van der Waals surface area contributed by atoms with Gasteiger partial charge in [0, 0.05) is 13.1 Å². The molecule has 3 nitrogen and oxygen atoms in total. The Hall–Kier alpha value is -1.35. The number of hydrogen-bond acceptors (Lipinski definition) is 2. The number of Topliss-reactive ketones (excluding diaryl/α,β-unsaturated/α-hetero) is 1. The fourth-order valence-corrected chi connectivity index (χ4v) is 1.98. The summed E-state index contributed by atoms with van der Waals surface area (Å²) in [5, 5.41) is 0.649. The molecule has 0 bridgehead atoms. The fourth-order valence-electron chi connectivity index (χ4n) is 1.72. The van der Waals surface area contributed by atoms with Crippen molar-refractivity contribution >= 4 is 23.0 Å². The zero-order valence-corrected chi connectivity index (χ0v) is 9.59. The van der Waals surface area contributed by atoms with Gasteiger partial charge in [-0.3, -0.25) is 4.79 Å². The molecular formula is C11H11ClN2O. The number of pyridine rings is 1. The Bertz CT molecular complexity index is 557. The number of rotatable bonds is 1. The number of ketones is 1. The van der Waals surface area contributed by atoms with Crippen molar-refractivity contribution in [1.82, 2.24) is 9.38 Å². The van der Waals surface area contributed by atoms with Gasteiger partial charge in [-0.15, -0.1) is 0 Å². The van der Waals surface area contributed by atoms with E-state index in [9.17, 15) is 4.79 Å². The molecule has 2 heterocycles. The van der Waals surface area contributed by atoms with Gasteiger partial charge in [0.15, 0.2) is 5.78 Å². The van der Waals surface area contributed by atoms with E-state index in [1.165, 1.54) is 6.92 Å². The van der Waals surface area contributed by atoms with Crippen LogP contribution in [0, 0.1) is 13.8 Å². The first-order chi connectivity index (χ1) is 7.00. The zero-order valence-electron chi connectivity index (χ0n) is 8.84. The van der Waals surface area contributed by atoms with Gasteiger partial charge < -0.3 is 4.40 Å². The van der Waals surface area contributed by atoms with E-state index in [1.54, 1.807) is 6.20 Å². The Morgan fingerprint density at radius 3 is 2.73 bits per heavy atom. The third-order valence-electron chi connectivity index (χ3n) is 2.44. The van der Waals surface area contributed by atoms with Crippen LogP contribution in [0.1, 0.15) is 28.7 Å². The van der Waals surface area contributed by atoms with Crippen molar-refractivity contribution in [2.75, 3.05) is 0 Å². The Morgan fingerprint density at radius 2 is 2.13 bits per heavy atom. The number of hydrogen-bond donors (Lipinski definition) is 0. The van der Waals surface area contributed by atoms with E-state index in [-0.39, 0.29) is 5.78 Å². The summed E-state index contributed by atoms with van der Waals surface area (Å²) in [5.74, 6) is -0.0216. The molecule has 0 amide bonds. The van der Waals surface area contributed by atoms with Gasteiger partial charge in [-0.1, -0.05) is 11.6 Å². The first-order valence-electron chi connectivity index (χ1n) is 4.66. The minimum Gasteiger partial charge on any atom is -0.302 e. The van der Waals surface area contributed by atoms with Gasteiger partial charge in [0.2, 0.25) is 0 Å². The summed E-state index contributed by atoms with van der Waals surface area (Å²) < 4.78 is 1.86. The highest BCUT2D eigenvalue weighted by molar-refractivity contribution is 6.30. The molecule has 0 spiro atoms. The van der Waals surface area contributed by atoms with E-state index in [2.05, 4.69) is 4.98 Å². The van der Waals surface area contributed by atoms with Crippen LogP contribution in [0.3, 0.4) is 0 Å². The average molecular weight is 223 g/mol. The second-order valence-corrected chi connectivity index (χ2v) is 4.07. The quantitative estimate of drug-likeness (QED) is 0.696. The molecule has 0 saturated carbocycles. The molecular weight excluding hydrogens is 212 g/mol. The molecule has 0 saturated heterocycles. The number of aromatic nitrogens is 2. The summed E-state index contributed by atoms with van der Waals surface area (Å²) in [5.41, 5.74) is 3.11. The van der Waals surface area contributed by atoms with E-state index >= 15 is 0 Å². The lowest BCUT2D eigenvalue weighted by Gasteiger charge is -2.00. The van der Waals surface area contributed by atoms with Gasteiger partial charge in [-0.05, 0) is 25.5 Å². The zero-order chi connectivity index (χ0) is 11.2. The van der Waals surface area contributed by atoms with Crippen LogP contribution in [0.5, 0.6) is 0 Å². The minimum atomic E-state index is -0.0216. The lowest BCUT2D eigenvalue weighted by atomic mass is 10.3. The third kappa shape index (κ3) is 1.53. The molecule has 0 aliphatic rings. The van der Waals surface area contributed by atoms with Gasteiger partial charge >= 0.3 is 0 Å². The maximum Gasteiger partial charge on any atom is 0.179 e. The van der Waals surface area contributed by atoms with Crippen molar-refractivity contribution in [2.24, 2.45) is 0 Å². The van der Waals surface area contributed by atoms with Crippen LogP contribution >= 0.6 is 11.6 Å². The van der Waals surface area contributed by atoms with Gasteiger partial charge in [0.1, 0.15) is 11.3 Å². The molecule has 2 aromatic rings. The van der Waals surface area contributed by atoms with Crippen LogP contribution in [0.2, 0.25) is 5.02 Å². The Morgan fingerprint density at radius 1 is 1.47 bits per heavy atom. The number of imidazole rings is 1. The SMILES string of the molecule is CC(=O)c1nc2c(C)cc(Cl)cn2c1C. The highest BCUT2D eigenvalue weighted by Gasteiger charge is 2.13. The number of carbonyl (C=O) groups is 1. The molecule has 2 rings (SSSR count). The number of aryl methyl sites for hydroxylation is 2. The predicted octanol–water partition coefficient (Wildman–Crippen LogP) is 2.81. The smallest absolute Gasteiger partial charge is 0.179 e. The predicted molar refractivity (Wildman–Crippen MR) is 59.7 cm³/mol. The molecule has 78 valence electrons. The van der Waals surface area contributed by atoms with E-state index in [0.29, 0.717) is 10.7 Å². The molecule has 4 heteroatoms. The topological polar surface area (TPSA) is 34.4 Å². The highest BCUT2D eigenvalue weighted by Crippen LogP contribution is 2.19.